The predicted molar refractivity (Wildman–Crippen MR) is 72.4 cm³/mol. The number of hydrogen-bond donors (Lipinski definition) is 0. The fraction of sp³-hybridized carbons (Fsp3) is 0.333. The molecule has 0 radical (unpaired) electrons. The lowest BCUT2D eigenvalue weighted by atomic mass is 10.3. The van der Waals surface area contributed by atoms with Gasteiger partial charge in [-0.1, -0.05) is 28.1 Å². The van der Waals surface area contributed by atoms with Gasteiger partial charge in [-0.2, -0.15) is 0 Å². The lowest BCUT2D eigenvalue weighted by Crippen LogP contribution is -2.24. The zero-order chi connectivity index (χ0) is 11.8. The normalized spacial score (nSPS) is 20.4. The van der Waals surface area contributed by atoms with E-state index < -0.39 is 0 Å². The number of alkyl halides is 1. The summed E-state index contributed by atoms with van der Waals surface area (Å²) in [6.07, 6.45) is 0.602. The Kier molecular flexibility index (Phi) is 2.88. The molecule has 1 fully saturated rings. The first kappa shape index (κ1) is 11.2. The molecule has 1 aliphatic heterocycles. The molecule has 1 amide bonds. The van der Waals surface area contributed by atoms with Gasteiger partial charge in [-0.3, -0.25) is 4.79 Å². The maximum Gasteiger partial charge on any atom is 0.224 e. The van der Waals surface area contributed by atoms with Gasteiger partial charge in [0.2, 0.25) is 5.91 Å². The largest absolute Gasteiger partial charge is 0.335 e. The molecule has 0 saturated carbocycles. The number of para-hydroxylation sites is 1. The summed E-state index contributed by atoms with van der Waals surface area (Å²) < 4.78 is 1.18. The number of thiazole rings is 1. The summed E-state index contributed by atoms with van der Waals surface area (Å²) in [5, 5.41) is 1.01. The predicted octanol–water partition coefficient (Wildman–Crippen LogP) is 2.79. The van der Waals surface area contributed by atoms with Crippen LogP contribution in [0.25, 0.3) is 10.2 Å². The highest BCUT2D eigenvalue weighted by molar-refractivity contribution is 9.09. The zero-order valence-corrected chi connectivity index (χ0v) is 11.5. The minimum absolute atomic E-state index is 0.214. The van der Waals surface area contributed by atoms with Crippen LogP contribution >= 0.6 is 27.3 Å². The lowest BCUT2D eigenvalue weighted by Gasteiger charge is -2.13. The Morgan fingerprint density at radius 2 is 2.29 bits per heavy atom. The number of likely N-dealkylation sites (tertiary alicyclic amines) is 1. The number of aromatic nitrogens is 1. The molecule has 1 atom stereocenters. The summed E-state index contributed by atoms with van der Waals surface area (Å²) in [6, 6.07) is 8.07. The van der Waals surface area contributed by atoms with E-state index in [9.17, 15) is 4.79 Å². The van der Waals surface area contributed by atoms with Gasteiger partial charge in [0.1, 0.15) is 5.01 Å². The van der Waals surface area contributed by atoms with Gasteiger partial charge in [-0.15, -0.1) is 11.3 Å². The topological polar surface area (TPSA) is 33.2 Å². The van der Waals surface area contributed by atoms with Crippen LogP contribution in [0.5, 0.6) is 0 Å². The highest BCUT2D eigenvalue weighted by Crippen LogP contribution is 2.25. The first-order valence-electron chi connectivity index (χ1n) is 5.48. The monoisotopic (exact) mass is 310 g/mol. The van der Waals surface area contributed by atoms with Gasteiger partial charge in [0.05, 0.1) is 16.8 Å². The summed E-state index contributed by atoms with van der Waals surface area (Å²) in [4.78, 5) is 18.4. The van der Waals surface area contributed by atoms with Crippen LogP contribution in [0.3, 0.4) is 0 Å². The quantitative estimate of drug-likeness (QED) is 0.799. The zero-order valence-electron chi connectivity index (χ0n) is 9.10. The number of amides is 1. The smallest absolute Gasteiger partial charge is 0.224 e. The Morgan fingerprint density at radius 1 is 1.47 bits per heavy atom. The first-order chi connectivity index (χ1) is 8.22. The van der Waals surface area contributed by atoms with E-state index in [1.54, 1.807) is 11.3 Å². The average Bonchev–Trinajstić information content (AvgIpc) is 2.82. The number of benzene rings is 1. The molecule has 0 bridgehead atoms. The molecule has 5 heteroatoms. The second-order valence-corrected chi connectivity index (χ2v) is 6.56. The molecule has 2 heterocycles. The molecule has 0 spiro atoms. The Balaban J connectivity index is 1.83. The summed E-state index contributed by atoms with van der Waals surface area (Å²) >= 11 is 5.15. The van der Waals surface area contributed by atoms with Crippen molar-refractivity contribution >= 4 is 43.4 Å². The van der Waals surface area contributed by atoms with Crippen molar-refractivity contribution in [2.45, 2.75) is 17.8 Å². The summed E-state index contributed by atoms with van der Waals surface area (Å²) in [5.74, 6) is 0.214. The summed E-state index contributed by atoms with van der Waals surface area (Å²) in [7, 11) is 0. The number of rotatable bonds is 2. The van der Waals surface area contributed by atoms with Crippen LogP contribution in [0.2, 0.25) is 0 Å². The second-order valence-electron chi connectivity index (χ2n) is 4.15. The van der Waals surface area contributed by atoms with Gasteiger partial charge in [0.25, 0.3) is 0 Å². The van der Waals surface area contributed by atoms with Crippen molar-refractivity contribution < 1.29 is 4.79 Å². The molecule has 2 aromatic rings. The van der Waals surface area contributed by atoms with Crippen molar-refractivity contribution in [1.29, 1.82) is 0 Å². The molecule has 1 aromatic carbocycles. The maximum absolute atomic E-state index is 11.7. The van der Waals surface area contributed by atoms with Gasteiger partial charge in [-0.25, -0.2) is 4.98 Å². The fourth-order valence-corrected chi connectivity index (χ4v) is 3.64. The molecule has 1 saturated heterocycles. The molecule has 3 rings (SSSR count). The molecule has 3 nitrogen and oxygen atoms in total. The molecule has 88 valence electrons. The summed E-state index contributed by atoms with van der Waals surface area (Å²) in [6.45, 7) is 1.43. The third-order valence-corrected chi connectivity index (χ3v) is 4.47. The van der Waals surface area contributed by atoms with Crippen molar-refractivity contribution in [3.05, 3.63) is 29.3 Å². The van der Waals surface area contributed by atoms with Gasteiger partial charge < -0.3 is 4.90 Å². The van der Waals surface area contributed by atoms with Crippen LogP contribution in [-0.2, 0) is 11.3 Å². The SMILES string of the molecule is O=C1CC(Br)CN1Cc1nc2ccccc2s1. The number of nitrogens with zero attached hydrogens (tertiary/aromatic N) is 2. The van der Waals surface area contributed by atoms with E-state index in [4.69, 9.17) is 0 Å². The molecule has 1 unspecified atom stereocenters. The maximum atomic E-state index is 11.7. The van der Waals surface area contributed by atoms with Gasteiger partial charge in [0, 0.05) is 17.8 Å². The molecular formula is C12H11BrN2OS. The average molecular weight is 311 g/mol. The number of hydrogen-bond acceptors (Lipinski definition) is 3. The van der Waals surface area contributed by atoms with Gasteiger partial charge in [0.15, 0.2) is 0 Å². The van der Waals surface area contributed by atoms with E-state index in [1.807, 2.05) is 23.1 Å². The standard InChI is InChI=1S/C12H11BrN2OS/c13-8-5-12(16)15(6-8)7-11-14-9-3-1-2-4-10(9)17-11/h1-4,8H,5-7H2. The van der Waals surface area contributed by atoms with E-state index in [0.717, 1.165) is 17.1 Å². The number of carbonyl (C=O) groups is 1. The number of carbonyl (C=O) groups excluding carboxylic acids is 1. The Labute approximate surface area is 112 Å². The van der Waals surface area contributed by atoms with Crippen molar-refractivity contribution in [2.75, 3.05) is 6.54 Å². The molecule has 17 heavy (non-hydrogen) atoms. The number of fused-ring (bicyclic) bond motifs is 1. The minimum Gasteiger partial charge on any atom is -0.335 e. The molecule has 0 aliphatic carbocycles. The van der Waals surface area contributed by atoms with Gasteiger partial charge >= 0.3 is 0 Å². The molecule has 0 N–H and O–H groups in total. The van der Waals surface area contributed by atoms with Crippen molar-refractivity contribution in [2.24, 2.45) is 0 Å². The Bertz CT molecular complexity index is 535. The molecule has 1 aliphatic rings. The minimum atomic E-state index is 0.214. The van der Waals surface area contributed by atoms with E-state index in [2.05, 4.69) is 27.0 Å². The fourth-order valence-electron chi connectivity index (χ4n) is 2.03. The van der Waals surface area contributed by atoms with Crippen LogP contribution in [0.1, 0.15) is 11.4 Å². The first-order valence-corrected chi connectivity index (χ1v) is 7.22. The lowest BCUT2D eigenvalue weighted by molar-refractivity contribution is -0.128. The van der Waals surface area contributed by atoms with E-state index in [1.165, 1.54) is 4.70 Å². The highest BCUT2D eigenvalue weighted by Gasteiger charge is 2.28. The van der Waals surface area contributed by atoms with Crippen LogP contribution in [0, 0.1) is 0 Å². The molecule has 1 aromatic heterocycles. The third kappa shape index (κ3) is 2.21. The van der Waals surface area contributed by atoms with Crippen molar-refractivity contribution in [1.82, 2.24) is 9.88 Å². The van der Waals surface area contributed by atoms with Crippen molar-refractivity contribution in [3.63, 3.8) is 0 Å². The van der Waals surface area contributed by atoms with Crippen LogP contribution in [0.4, 0.5) is 0 Å². The highest BCUT2D eigenvalue weighted by atomic mass is 79.9. The third-order valence-electron chi connectivity index (χ3n) is 2.83. The van der Waals surface area contributed by atoms with Crippen molar-refractivity contribution in [3.8, 4) is 0 Å². The van der Waals surface area contributed by atoms with Gasteiger partial charge in [-0.05, 0) is 12.1 Å². The Morgan fingerprint density at radius 3 is 3.00 bits per heavy atom. The summed E-state index contributed by atoms with van der Waals surface area (Å²) in [5.41, 5.74) is 1.02. The van der Waals surface area contributed by atoms with Crippen LogP contribution in [0.15, 0.2) is 24.3 Å². The Hall–Kier alpha value is -0.940. The van der Waals surface area contributed by atoms with E-state index in [-0.39, 0.29) is 5.91 Å². The second kappa shape index (κ2) is 4.38. The molecular weight excluding hydrogens is 300 g/mol. The van der Waals surface area contributed by atoms with E-state index >= 15 is 0 Å². The van der Waals surface area contributed by atoms with Crippen LogP contribution in [-0.4, -0.2) is 27.2 Å². The van der Waals surface area contributed by atoms with E-state index in [0.29, 0.717) is 17.8 Å². The van der Waals surface area contributed by atoms with Crippen LogP contribution < -0.4 is 0 Å². The number of halogens is 1.